The Balaban J connectivity index is 2.48. The summed E-state index contributed by atoms with van der Waals surface area (Å²) in [5.74, 6) is 0. The molecule has 1 aromatic rings. The highest BCUT2D eigenvalue weighted by Gasteiger charge is 2.36. The monoisotopic (exact) mass is 269 g/mol. The summed E-state index contributed by atoms with van der Waals surface area (Å²) in [6.07, 6.45) is 7.40. The van der Waals surface area contributed by atoms with E-state index in [1.54, 1.807) is 0 Å². The molecule has 0 aliphatic heterocycles. The normalized spacial score (nSPS) is 19.9. The van der Waals surface area contributed by atoms with Gasteiger partial charge in [-0.15, -0.1) is 0 Å². The number of allylic oxidation sites excluding steroid dienone is 2. The average Bonchev–Trinajstić information content (AvgIpc) is 2.41. The number of fused-ring (bicyclic) bond motifs is 1. The van der Waals surface area contributed by atoms with Crippen LogP contribution in [-0.2, 0) is 10.8 Å². The molecule has 1 nitrogen and oxygen atoms in total. The van der Waals surface area contributed by atoms with Crippen molar-refractivity contribution < 1.29 is 0 Å². The summed E-state index contributed by atoms with van der Waals surface area (Å²) in [5.41, 5.74) is 5.03. The van der Waals surface area contributed by atoms with Crippen LogP contribution in [-0.4, -0.2) is 5.71 Å². The molecule has 1 aliphatic carbocycles. The summed E-state index contributed by atoms with van der Waals surface area (Å²) in [7, 11) is 0. The molecule has 1 N–H and O–H groups in total. The molecular formula is C19H27N. The molecule has 1 aromatic carbocycles. The highest BCUT2D eigenvalue weighted by atomic mass is 14.4. The van der Waals surface area contributed by atoms with Crippen molar-refractivity contribution in [3.63, 3.8) is 0 Å². The zero-order valence-corrected chi connectivity index (χ0v) is 13.5. The summed E-state index contributed by atoms with van der Waals surface area (Å²) in [6.45, 7) is 11.4. The molecule has 0 spiro atoms. The second kappa shape index (κ2) is 5.20. The van der Waals surface area contributed by atoms with E-state index >= 15 is 0 Å². The maximum Gasteiger partial charge on any atom is 0.0609 e. The predicted molar refractivity (Wildman–Crippen MR) is 88.0 cm³/mol. The quantitative estimate of drug-likeness (QED) is 0.713. The van der Waals surface area contributed by atoms with Gasteiger partial charge in [0.1, 0.15) is 0 Å². The van der Waals surface area contributed by atoms with Gasteiger partial charge in [0, 0.05) is 0 Å². The van der Waals surface area contributed by atoms with E-state index in [9.17, 15) is 0 Å². The largest absolute Gasteiger partial charge is 0.300 e. The molecule has 0 unspecified atom stereocenters. The summed E-state index contributed by atoms with van der Waals surface area (Å²) < 4.78 is 0. The number of nitrogens with one attached hydrogen (secondary N) is 1. The third-order valence-corrected chi connectivity index (χ3v) is 4.68. The van der Waals surface area contributed by atoms with Gasteiger partial charge in [-0.2, -0.15) is 0 Å². The van der Waals surface area contributed by atoms with Gasteiger partial charge in [-0.25, -0.2) is 0 Å². The maximum atomic E-state index is 8.19. The lowest BCUT2D eigenvalue weighted by Crippen LogP contribution is -2.34. The third kappa shape index (κ3) is 2.72. The van der Waals surface area contributed by atoms with Gasteiger partial charge in [0.2, 0.25) is 0 Å². The van der Waals surface area contributed by atoms with Crippen LogP contribution in [0.25, 0.3) is 0 Å². The number of hydrogen-bond donors (Lipinski definition) is 1. The average molecular weight is 269 g/mol. The Labute approximate surface area is 123 Å². The van der Waals surface area contributed by atoms with Crippen molar-refractivity contribution in [1.29, 1.82) is 5.41 Å². The first kappa shape index (κ1) is 15.0. The van der Waals surface area contributed by atoms with Crippen molar-refractivity contribution in [3.8, 4) is 0 Å². The SMILES string of the molecule is CCC=CC(=N)c1ccc2c(c1)C(C)(C)CCC2(C)C. The summed E-state index contributed by atoms with van der Waals surface area (Å²) in [5, 5.41) is 8.19. The lowest BCUT2D eigenvalue weighted by molar-refractivity contribution is 0.332. The van der Waals surface area contributed by atoms with Crippen molar-refractivity contribution >= 4 is 5.71 Å². The zero-order chi connectivity index (χ0) is 15.0. The zero-order valence-electron chi connectivity index (χ0n) is 13.5. The Hall–Kier alpha value is -1.37. The van der Waals surface area contributed by atoms with Crippen LogP contribution in [0.4, 0.5) is 0 Å². The fraction of sp³-hybridized carbons (Fsp3) is 0.526. The van der Waals surface area contributed by atoms with Crippen LogP contribution in [0.3, 0.4) is 0 Å². The van der Waals surface area contributed by atoms with E-state index in [0.717, 1.165) is 12.0 Å². The summed E-state index contributed by atoms with van der Waals surface area (Å²) in [4.78, 5) is 0. The minimum atomic E-state index is 0.218. The molecule has 0 atom stereocenters. The van der Waals surface area contributed by atoms with Crippen LogP contribution in [0.1, 0.15) is 70.6 Å². The van der Waals surface area contributed by atoms with E-state index in [4.69, 9.17) is 5.41 Å². The van der Waals surface area contributed by atoms with Crippen LogP contribution in [0.15, 0.2) is 30.4 Å². The minimum Gasteiger partial charge on any atom is -0.300 e. The van der Waals surface area contributed by atoms with Crippen LogP contribution in [0.5, 0.6) is 0 Å². The molecular weight excluding hydrogens is 242 g/mol. The maximum absolute atomic E-state index is 8.19. The molecule has 1 aliphatic rings. The van der Waals surface area contributed by atoms with Gasteiger partial charge < -0.3 is 5.41 Å². The fourth-order valence-electron chi connectivity index (χ4n) is 3.09. The molecule has 0 radical (unpaired) electrons. The van der Waals surface area contributed by atoms with Crippen LogP contribution in [0.2, 0.25) is 0 Å². The van der Waals surface area contributed by atoms with Crippen molar-refractivity contribution in [2.75, 3.05) is 0 Å². The van der Waals surface area contributed by atoms with Crippen molar-refractivity contribution in [1.82, 2.24) is 0 Å². The first-order valence-corrected chi connectivity index (χ1v) is 7.68. The predicted octanol–water partition coefficient (Wildman–Crippen LogP) is 5.37. The third-order valence-electron chi connectivity index (χ3n) is 4.68. The Morgan fingerprint density at radius 1 is 1.10 bits per heavy atom. The lowest BCUT2D eigenvalue weighted by Gasteiger charge is -2.42. The number of hydrogen-bond acceptors (Lipinski definition) is 1. The molecule has 0 heterocycles. The second-order valence-corrected chi connectivity index (χ2v) is 7.25. The van der Waals surface area contributed by atoms with E-state index < -0.39 is 0 Å². The lowest BCUT2D eigenvalue weighted by atomic mass is 9.63. The Morgan fingerprint density at radius 3 is 2.30 bits per heavy atom. The van der Waals surface area contributed by atoms with E-state index in [-0.39, 0.29) is 10.8 Å². The fourth-order valence-corrected chi connectivity index (χ4v) is 3.09. The summed E-state index contributed by atoms with van der Waals surface area (Å²) >= 11 is 0. The van der Waals surface area contributed by atoms with E-state index in [1.165, 1.54) is 24.0 Å². The minimum absolute atomic E-state index is 0.218. The molecule has 0 aromatic heterocycles. The van der Waals surface area contributed by atoms with Crippen LogP contribution >= 0.6 is 0 Å². The van der Waals surface area contributed by atoms with Crippen molar-refractivity contribution in [2.24, 2.45) is 0 Å². The summed E-state index contributed by atoms with van der Waals surface area (Å²) in [6, 6.07) is 6.61. The van der Waals surface area contributed by atoms with Crippen molar-refractivity contribution in [3.05, 3.63) is 47.0 Å². The molecule has 20 heavy (non-hydrogen) atoms. The van der Waals surface area contributed by atoms with Gasteiger partial charge in [0.15, 0.2) is 0 Å². The van der Waals surface area contributed by atoms with Gasteiger partial charge in [0.05, 0.1) is 5.71 Å². The smallest absolute Gasteiger partial charge is 0.0609 e. The molecule has 0 amide bonds. The Morgan fingerprint density at radius 2 is 1.70 bits per heavy atom. The van der Waals surface area contributed by atoms with Crippen LogP contribution in [0, 0.1) is 5.41 Å². The standard InChI is InChI=1S/C19H27N/c1-6-7-8-17(20)14-9-10-15-16(13-14)19(4,5)12-11-18(15,2)3/h7-10,13,20H,6,11-12H2,1-5H3. The Kier molecular flexibility index (Phi) is 3.90. The molecule has 0 bridgehead atoms. The van der Waals surface area contributed by atoms with Gasteiger partial charge in [0.25, 0.3) is 0 Å². The van der Waals surface area contributed by atoms with Crippen LogP contribution < -0.4 is 0 Å². The molecule has 0 fully saturated rings. The second-order valence-electron chi connectivity index (χ2n) is 7.25. The molecule has 1 heteroatoms. The highest BCUT2D eigenvalue weighted by molar-refractivity contribution is 6.06. The molecule has 108 valence electrons. The molecule has 0 saturated heterocycles. The van der Waals surface area contributed by atoms with Gasteiger partial charge in [-0.1, -0.05) is 52.8 Å². The van der Waals surface area contributed by atoms with E-state index in [0.29, 0.717) is 5.71 Å². The highest BCUT2D eigenvalue weighted by Crippen LogP contribution is 2.45. The van der Waals surface area contributed by atoms with Gasteiger partial charge in [-0.3, -0.25) is 0 Å². The van der Waals surface area contributed by atoms with Gasteiger partial charge in [-0.05, 0) is 58.9 Å². The molecule has 0 saturated carbocycles. The Bertz CT molecular complexity index is 547. The van der Waals surface area contributed by atoms with Crippen molar-refractivity contribution in [2.45, 2.75) is 64.7 Å². The van der Waals surface area contributed by atoms with E-state index in [2.05, 4.69) is 58.9 Å². The number of benzene rings is 1. The van der Waals surface area contributed by atoms with E-state index in [1.807, 2.05) is 6.08 Å². The topological polar surface area (TPSA) is 23.9 Å². The number of rotatable bonds is 3. The molecule has 2 rings (SSSR count). The van der Waals surface area contributed by atoms with Gasteiger partial charge >= 0.3 is 0 Å². The first-order chi connectivity index (χ1) is 9.28. The first-order valence-electron chi connectivity index (χ1n) is 7.68.